The number of benzene rings is 2. The van der Waals surface area contributed by atoms with Crippen molar-refractivity contribution in [1.29, 1.82) is 0 Å². The van der Waals surface area contributed by atoms with Gasteiger partial charge in [0.25, 0.3) is 5.91 Å². The van der Waals surface area contributed by atoms with E-state index in [1.165, 1.54) is 0 Å². The molecule has 1 amide bonds. The normalized spacial score (nSPS) is 11.8. The molecule has 0 radical (unpaired) electrons. The maximum atomic E-state index is 11.9. The van der Waals surface area contributed by atoms with Gasteiger partial charge in [-0.05, 0) is 18.4 Å². The van der Waals surface area contributed by atoms with Gasteiger partial charge in [-0.25, -0.2) is 0 Å². The number of rotatable bonds is 2. The number of fused-ring (bicyclic) bond motifs is 1. The summed E-state index contributed by atoms with van der Waals surface area (Å²) < 4.78 is 0. The Kier molecular flexibility index (Phi) is 3.20. The monoisotopic (exact) mass is 239 g/mol. The van der Waals surface area contributed by atoms with Gasteiger partial charge in [0.1, 0.15) is 5.75 Å². The molecule has 3 nitrogen and oxygen atoms in total. The number of phenols is 1. The Morgan fingerprint density at radius 3 is 2.78 bits per heavy atom. The molecule has 0 bridgehead atoms. The number of phenolic OH excluding ortho intramolecular Hbond substituents is 1. The van der Waals surface area contributed by atoms with E-state index < -0.39 is 0 Å². The van der Waals surface area contributed by atoms with Crippen LogP contribution in [0.5, 0.6) is 5.75 Å². The minimum absolute atomic E-state index is 0.0187. The number of terminal acetylenes is 1. The largest absolute Gasteiger partial charge is 0.506 e. The first-order chi connectivity index (χ1) is 8.63. The van der Waals surface area contributed by atoms with E-state index in [1.807, 2.05) is 18.2 Å². The van der Waals surface area contributed by atoms with E-state index in [9.17, 15) is 9.90 Å². The predicted molar refractivity (Wildman–Crippen MR) is 71.4 cm³/mol. The smallest absolute Gasteiger partial charge is 0.256 e. The molecule has 1 unspecified atom stereocenters. The van der Waals surface area contributed by atoms with Crippen LogP contribution in [0.2, 0.25) is 0 Å². The van der Waals surface area contributed by atoms with Gasteiger partial charge in [0.15, 0.2) is 0 Å². The second kappa shape index (κ2) is 4.80. The van der Waals surface area contributed by atoms with E-state index in [2.05, 4.69) is 11.2 Å². The van der Waals surface area contributed by atoms with Crippen molar-refractivity contribution >= 4 is 16.7 Å². The Morgan fingerprint density at radius 1 is 1.33 bits per heavy atom. The molecular formula is C15H13NO2. The van der Waals surface area contributed by atoms with E-state index in [0.29, 0.717) is 5.39 Å². The summed E-state index contributed by atoms with van der Waals surface area (Å²) in [6.07, 6.45) is 5.20. The first-order valence-corrected chi connectivity index (χ1v) is 5.61. The Morgan fingerprint density at radius 2 is 2.06 bits per heavy atom. The van der Waals surface area contributed by atoms with Crippen LogP contribution in [0.3, 0.4) is 0 Å². The van der Waals surface area contributed by atoms with Crippen molar-refractivity contribution in [2.45, 2.75) is 13.0 Å². The minimum Gasteiger partial charge on any atom is -0.506 e. The van der Waals surface area contributed by atoms with Crippen molar-refractivity contribution in [3.8, 4) is 18.1 Å². The second-order valence-corrected chi connectivity index (χ2v) is 4.04. The average molecular weight is 239 g/mol. The number of carbonyl (C=O) groups excluding carboxylic acids is 1. The Labute approximate surface area is 105 Å². The SMILES string of the molecule is C#CC(C)NC(=O)c1ccc2ccccc2c1O. The molecular weight excluding hydrogens is 226 g/mol. The Hall–Kier alpha value is -2.47. The number of amides is 1. The minimum atomic E-state index is -0.372. The lowest BCUT2D eigenvalue weighted by atomic mass is 10.0. The predicted octanol–water partition coefficient (Wildman–Crippen LogP) is 2.30. The van der Waals surface area contributed by atoms with E-state index in [-0.39, 0.29) is 23.3 Å². The van der Waals surface area contributed by atoms with Crippen LogP contribution >= 0.6 is 0 Å². The van der Waals surface area contributed by atoms with Gasteiger partial charge in [0, 0.05) is 5.39 Å². The molecule has 0 fully saturated rings. The summed E-state index contributed by atoms with van der Waals surface area (Å²) in [5.41, 5.74) is 0.232. The molecule has 2 aromatic rings. The molecule has 1 atom stereocenters. The number of hydrogen-bond donors (Lipinski definition) is 2. The van der Waals surface area contributed by atoms with Crippen LogP contribution in [0.25, 0.3) is 10.8 Å². The summed E-state index contributed by atoms with van der Waals surface area (Å²) in [6, 6.07) is 10.4. The molecule has 0 heterocycles. The van der Waals surface area contributed by atoms with Crippen LogP contribution < -0.4 is 5.32 Å². The highest BCUT2D eigenvalue weighted by molar-refractivity contribution is 6.03. The fourth-order valence-electron chi connectivity index (χ4n) is 1.75. The zero-order valence-electron chi connectivity index (χ0n) is 9.97. The topological polar surface area (TPSA) is 49.3 Å². The van der Waals surface area contributed by atoms with Crippen LogP contribution in [-0.4, -0.2) is 17.1 Å². The van der Waals surface area contributed by atoms with Gasteiger partial charge in [0.2, 0.25) is 0 Å². The Bertz CT molecular complexity index is 640. The fourth-order valence-corrected chi connectivity index (χ4v) is 1.75. The van der Waals surface area contributed by atoms with Crippen molar-refractivity contribution in [3.63, 3.8) is 0 Å². The summed E-state index contributed by atoms with van der Waals surface area (Å²) in [5.74, 6) is 2.02. The van der Waals surface area contributed by atoms with E-state index in [1.54, 1.807) is 25.1 Å². The van der Waals surface area contributed by atoms with Crippen LogP contribution in [0.4, 0.5) is 0 Å². The van der Waals surface area contributed by atoms with Gasteiger partial charge in [-0.2, -0.15) is 0 Å². The quantitative estimate of drug-likeness (QED) is 0.790. The average Bonchev–Trinajstić information content (AvgIpc) is 2.39. The molecule has 2 rings (SSSR count). The summed E-state index contributed by atoms with van der Waals surface area (Å²) in [7, 11) is 0. The van der Waals surface area contributed by atoms with Crippen molar-refractivity contribution in [3.05, 3.63) is 42.0 Å². The maximum absolute atomic E-state index is 11.9. The van der Waals surface area contributed by atoms with Crippen molar-refractivity contribution < 1.29 is 9.90 Å². The summed E-state index contributed by atoms with van der Waals surface area (Å²) in [6.45, 7) is 1.70. The summed E-state index contributed by atoms with van der Waals surface area (Å²) >= 11 is 0. The summed E-state index contributed by atoms with van der Waals surface area (Å²) in [4.78, 5) is 11.9. The lowest BCUT2D eigenvalue weighted by Gasteiger charge is -2.10. The number of hydrogen-bond acceptors (Lipinski definition) is 2. The second-order valence-electron chi connectivity index (χ2n) is 4.04. The third kappa shape index (κ3) is 2.14. The molecule has 2 aromatic carbocycles. The molecule has 0 spiro atoms. The molecule has 0 aromatic heterocycles. The lowest BCUT2D eigenvalue weighted by molar-refractivity contribution is 0.0946. The molecule has 0 aliphatic rings. The third-order valence-corrected chi connectivity index (χ3v) is 2.74. The van der Waals surface area contributed by atoms with E-state index >= 15 is 0 Å². The summed E-state index contributed by atoms with van der Waals surface area (Å²) in [5, 5.41) is 14.2. The van der Waals surface area contributed by atoms with Crippen molar-refractivity contribution in [2.24, 2.45) is 0 Å². The zero-order chi connectivity index (χ0) is 13.1. The molecule has 2 N–H and O–H groups in total. The van der Waals surface area contributed by atoms with Crippen molar-refractivity contribution in [2.75, 3.05) is 0 Å². The Balaban J connectivity index is 2.44. The zero-order valence-corrected chi connectivity index (χ0v) is 9.97. The van der Waals surface area contributed by atoms with Gasteiger partial charge in [-0.3, -0.25) is 4.79 Å². The number of nitrogens with one attached hydrogen (secondary N) is 1. The highest BCUT2D eigenvalue weighted by Gasteiger charge is 2.14. The lowest BCUT2D eigenvalue weighted by Crippen LogP contribution is -2.31. The van der Waals surface area contributed by atoms with Gasteiger partial charge in [-0.15, -0.1) is 6.42 Å². The third-order valence-electron chi connectivity index (χ3n) is 2.74. The molecule has 3 heteroatoms. The molecule has 18 heavy (non-hydrogen) atoms. The number of aromatic hydroxyl groups is 1. The maximum Gasteiger partial charge on any atom is 0.256 e. The van der Waals surface area contributed by atoms with Crippen LogP contribution in [0.15, 0.2) is 36.4 Å². The molecule has 0 saturated carbocycles. The first kappa shape index (κ1) is 12.0. The van der Waals surface area contributed by atoms with Crippen molar-refractivity contribution in [1.82, 2.24) is 5.32 Å². The molecule has 0 aliphatic heterocycles. The highest BCUT2D eigenvalue weighted by atomic mass is 16.3. The van der Waals surface area contributed by atoms with E-state index in [0.717, 1.165) is 5.39 Å². The van der Waals surface area contributed by atoms with Gasteiger partial charge in [-0.1, -0.05) is 36.3 Å². The first-order valence-electron chi connectivity index (χ1n) is 5.61. The van der Waals surface area contributed by atoms with Gasteiger partial charge >= 0.3 is 0 Å². The highest BCUT2D eigenvalue weighted by Crippen LogP contribution is 2.28. The van der Waals surface area contributed by atoms with Gasteiger partial charge in [0.05, 0.1) is 11.6 Å². The molecule has 90 valence electrons. The standard InChI is InChI=1S/C15H13NO2/c1-3-10(2)16-15(18)13-9-8-11-6-4-5-7-12(11)14(13)17/h1,4-10,17H,2H3,(H,16,18). The number of carbonyl (C=O) groups is 1. The van der Waals surface area contributed by atoms with Crippen LogP contribution in [-0.2, 0) is 0 Å². The van der Waals surface area contributed by atoms with E-state index in [4.69, 9.17) is 6.42 Å². The van der Waals surface area contributed by atoms with Crippen LogP contribution in [0, 0.1) is 12.3 Å². The fraction of sp³-hybridized carbons (Fsp3) is 0.133. The van der Waals surface area contributed by atoms with Crippen LogP contribution in [0.1, 0.15) is 17.3 Å². The molecule has 0 aliphatic carbocycles. The molecule has 0 saturated heterocycles. The van der Waals surface area contributed by atoms with Gasteiger partial charge < -0.3 is 10.4 Å².